The van der Waals surface area contributed by atoms with Gasteiger partial charge in [-0.05, 0) is 59.7 Å². The Bertz CT molecular complexity index is 3530. The van der Waals surface area contributed by atoms with Gasteiger partial charge < -0.3 is 13.4 Å². The van der Waals surface area contributed by atoms with Gasteiger partial charge in [-0.1, -0.05) is 133 Å². The van der Waals surface area contributed by atoms with Gasteiger partial charge in [0.25, 0.3) is 0 Å². The van der Waals surface area contributed by atoms with Gasteiger partial charge in [0.05, 0.1) is 22.1 Å². The quantitative estimate of drug-likeness (QED) is 0.176. The minimum Gasteiger partial charge on any atom is -0.456 e. The molecule has 57 heavy (non-hydrogen) atoms. The maximum Gasteiger partial charge on any atom is 0.164 e. The molecule has 266 valence electrons. The first kappa shape index (κ1) is 31.5. The molecule has 8 aromatic carbocycles. The van der Waals surface area contributed by atoms with E-state index >= 15 is 0 Å². The Kier molecular flexibility index (Phi) is 6.83. The van der Waals surface area contributed by atoms with Crippen LogP contribution in [0.1, 0.15) is 0 Å². The van der Waals surface area contributed by atoms with Crippen LogP contribution >= 0.6 is 0 Å². The van der Waals surface area contributed by atoms with Crippen LogP contribution in [0.2, 0.25) is 0 Å². The van der Waals surface area contributed by atoms with Gasteiger partial charge in [0.15, 0.2) is 23.1 Å². The standard InChI is InChI=1S/C51H30N4O2/c1-3-14-31(15-4-1)33-18-13-19-34(30-33)50-52-49(32-16-5-2-6-17-32)53-51(54-50)39-26-28-41(48-45(39)37-21-8-12-25-43(37)57-48)55-40-23-10-7-20-35(40)36-27-29-44-46(47(36)55)38-22-9-11-24-42(38)56-44/h1-30H. The van der Waals surface area contributed by atoms with Gasteiger partial charge in [0.1, 0.15) is 16.7 Å². The molecule has 0 radical (unpaired) electrons. The third-order valence-electron chi connectivity index (χ3n) is 11.1. The van der Waals surface area contributed by atoms with Crippen molar-refractivity contribution in [1.82, 2.24) is 19.5 Å². The third kappa shape index (κ3) is 4.87. The largest absolute Gasteiger partial charge is 0.456 e. The van der Waals surface area contributed by atoms with Crippen LogP contribution in [-0.2, 0) is 0 Å². The molecule has 0 fully saturated rings. The Morgan fingerprint density at radius 3 is 1.75 bits per heavy atom. The Labute approximate surface area is 325 Å². The summed E-state index contributed by atoms with van der Waals surface area (Å²) in [5.74, 6) is 1.76. The SMILES string of the molecule is c1ccc(-c2cccc(-c3nc(-c4ccccc4)nc(-c4ccc(-n5c6ccccc6c6ccc7oc8ccccc8c7c65)c5oc6ccccc6c45)n3)c2)cc1. The first-order valence-corrected chi connectivity index (χ1v) is 19.0. The van der Waals surface area contributed by atoms with Crippen LogP contribution in [0.3, 0.4) is 0 Å². The van der Waals surface area contributed by atoms with E-state index in [1.54, 1.807) is 0 Å². The van der Waals surface area contributed by atoms with E-state index in [-0.39, 0.29) is 0 Å². The van der Waals surface area contributed by atoms with Gasteiger partial charge in [-0.2, -0.15) is 0 Å². The highest BCUT2D eigenvalue weighted by atomic mass is 16.3. The Hall–Kier alpha value is -7.83. The summed E-state index contributed by atoms with van der Waals surface area (Å²) in [6.07, 6.45) is 0. The molecule has 0 amide bonds. The molecule has 0 aliphatic heterocycles. The molecule has 0 aliphatic rings. The molecule has 4 aromatic heterocycles. The van der Waals surface area contributed by atoms with Crippen LogP contribution < -0.4 is 0 Å². The molecular weight excluding hydrogens is 701 g/mol. The monoisotopic (exact) mass is 730 g/mol. The van der Waals surface area contributed by atoms with Gasteiger partial charge in [0, 0.05) is 43.6 Å². The number of aromatic nitrogens is 4. The lowest BCUT2D eigenvalue weighted by Crippen LogP contribution is -2.01. The maximum atomic E-state index is 6.93. The number of hydrogen-bond acceptors (Lipinski definition) is 5. The van der Waals surface area contributed by atoms with Crippen LogP contribution in [0.25, 0.3) is 117 Å². The summed E-state index contributed by atoms with van der Waals surface area (Å²) in [4.78, 5) is 15.5. The zero-order valence-corrected chi connectivity index (χ0v) is 30.4. The number of benzene rings is 8. The minimum absolute atomic E-state index is 0.567. The minimum atomic E-state index is 0.567. The Morgan fingerprint density at radius 2 is 0.965 bits per heavy atom. The fourth-order valence-electron chi connectivity index (χ4n) is 8.50. The zero-order valence-electron chi connectivity index (χ0n) is 30.4. The second kappa shape index (κ2) is 12.3. The van der Waals surface area contributed by atoms with Gasteiger partial charge in [-0.3, -0.25) is 0 Å². The summed E-state index contributed by atoms with van der Waals surface area (Å²) in [7, 11) is 0. The van der Waals surface area contributed by atoms with E-state index in [2.05, 4.69) is 126 Å². The normalized spacial score (nSPS) is 11.9. The summed E-state index contributed by atoms with van der Waals surface area (Å²) < 4.78 is 15.7. The number of para-hydroxylation sites is 3. The van der Waals surface area contributed by atoms with Crippen LogP contribution in [0.5, 0.6) is 0 Å². The van der Waals surface area contributed by atoms with Crippen molar-refractivity contribution in [3.05, 3.63) is 182 Å². The predicted octanol–water partition coefficient (Wildman–Crippen LogP) is 13.4. The van der Waals surface area contributed by atoms with Crippen LogP contribution in [0.4, 0.5) is 0 Å². The highest BCUT2D eigenvalue weighted by molar-refractivity contribution is 6.25. The van der Waals surface area contributed by atoms with Crippen LogP contribution in [-0.4, -0.2) is 19.5 Å². The first-order valence-electron chi connectivity index (χ1n) is 19.0. The second-order valence-electron chi connectivity index (χ2n) is 14.3. The lowest BCUT2D eigenvalue weighted by molar-refractivity contribution is 0.666. The molecular formula is C51H30N4O2. The van der Waals surface area contributed by atoms with Crippen molar-refractivity contribution in [1.29, 1.82) is 0 Å². The summed E-state index contributed by atoms with van der Waals surface area (Å²) in [5, 5.41) is 6.36. The molecule has 0 saturated heterocycles. The third-order valence-corrected chi connectivity index (χ3v) is 11.1. The molecule has 12 aromatic rings. The van der Waals surface area contributed by atoms with Crippen molar-refractivity contribution in [3.63, 3.8) is 0 Å². The van der Waals surface area contributed by atoms with E-state index < -0.39 is 0 Å². The van der Waals surface area contributed by atoms with E-state index in [9.17, 15) is 0 Å². The highest BCUT2D eigenvalue weighted by Crippen LogP contribution is 2.45. The summed E-state index contributed by atoms with van der Waals surface area (Å²) >= 11 is 0. The molecule has 12 rings (SSSR count). The van der Waals surface area contributed by atoms with E-state index in [1.165, 1.54) is 0 Å². The average molecular weight is 731 g/mol. The lowest BCUT2D eigenvalue weighted by Gasteiger charge is -2.13. The van der Waals surface area contributed by atoms with Crippen molar-refractivity contribution in [3.8, 4) is 51.0 Å². The van der Waals surface area contributed by atoms with Crippen LogP contribution in [0.15, 0.2) is 191 Å². The zero-order chi connectivity index (χ0) is 37.5. The van der Waals surface area contributed by atoms with Crippen molar-refractivity contribution in [2.24, 2.45) is 0 Å². The van der Waals surface area contributed by atoms with Gasteiger partial charge >= 0.3 is 0 Å². The number of hydrogen-bond donors (Lipinski definition) is 0. The van der Waals surface area contributed by atoms with Crippen molar-refractivity contribution in [2.45, 2.75) is 0 Å². The smallest absolute Gasteiger partial charge is 0.164 e. The number of fused-ring (bicyclic) bond motifs is 10. The maximum absolute atomic E-state index is 6.93. The molecule has 0 unspecified atom stereocenters. The summed E-state index contributed by atoms with van der Waals surface area (Å²) in [5.41, 5.74) is 11.2. The van der Waals surface area contributed by atoms with Crippen molar-refractivity contribution >= 4 is 65.7 Å². The lowest BCUT2D eigenvalue weighted by atomic mass is 10.0. The number of rotatable bonds is 5. The Morgan fingerprint density at radius 1 is 0.368 bits per heavy atom. The van der Waals surface area contributed by atoms with Crippen LogP contribution in [0, 0.1) is 0 Å². The van der Waals surface area contributed by atoms with Crippen molar-refractivity contribution < 1.29 is 8.83 Å². The highest BCUT2D eigenvalue weighted by Gasteiger charge is 2.25. The fourth-order valence-corrected chi connectivity index (χ4v) is 8.50. The van der Waals surface area contributed by atoms with Gasteiger partial charge in [-0.25, -0.2) is 15.0 Å². The first-order chi connectivity index (χ1) is 28.3. The van der Waals surface area contributed by atoms with Crippen molar-refractivity contribution in [2.75, 3.05) is 0 Å². The molecule has 6 nitrogen and oxygen atoms in total. The Balaban J connectivity index is 1.16. The van der Waals surface area contributed by atoms with E-state index in [4.69, 9.17) is 23.8 Å². The van der Waals surface area contributed by atoms with E-state index in [0.29, 0.717) is 17.5 Å². The average Bonchev–Trinajstić information content (AvgIpc) is 3.97. The number of furan rings is 2. The predicted molar refractivity (Wildman–Crippen MR) is 230 cm³/mol. The van der Waals surface area contributed by atoms with E-state index in [0.717, 1.165) is 99.2 Å². The second-order valence-corrected chi connectivity index (χ2v) is 14.3. The molecule has 0 aliphatic carbocycles. The summed E-state index contributed by atoms with van der Waals surface area (Å²) in [6.45, 7) is 0. The topological polar surface area (TPSA) is 69.9 Å². The molecule has 0 atom stereocenters. The molecule has 0 spiro atoms. The van der Waals surface area contributed by atoms with E-state index in [1.807, 2.05) is 60.7 Å². The molecule has 6 heteroatoms. The molecule has 0 N–H and O–H groups in total. The summed E-state index contributed by atoms with van der Waals surface area (Å²) in [6, 6.07) is 62.5. The van der Waals surface area contributed by atoms with Gasteiger partial charge in [-0.15, -0.1) is 0 Å². The molecule has 0 saturated carbocycles. The van der Waals surface area contributed by atoms with Gasteiger partial charge in [0.2, 0.25) is 0 Å². The fraction of sp³-hybridized carbons (Fsp3) is 0. The number of nitrogens with zero attached hydrogens (tertiary/aromatic N) is 4. The molecule has 0 bridgehead atoms. The molecule has 4 heterocycles.